The zero-order valence-corrected chi connectivity index (χ0v) is 18.0. The maximum absolute atomic E-state index is 11.9. The number of nitro benzene ring substituents is 1. The van der Waals surface area contributed by atoms with Gasteiger partial charge < -0.3 is 25.0 Å². The Morgan fingerprint density at radius 3 is 2.26 bits per heavy atom. The number of methoxy groups -OCH3 is 2. The van der Waals surface area contributed by atoms with Gasteiger partial charge in [-0.05, 0) is 23.3 Å². The summed E-state index contributed by atoms with van der Waals surface area (Å²) in [6.45, 7) is 0.795. The standard InChI is InChI=1S/C21H27N5O5/c1-25(2)20(27)14-24-21(22-12-15-5-8-17(9-6-15)26(28)29)23-13-16-7-10-18(30-3)19(11-16)31-4/h5-11H,12-14H2,1-4H3,(H2,22,23,24). The monoisotopic (exact) mass is 429 g/mol. The first kappa shape index (κ1) is 23.5. The van der Waals surface area contributed by atoms with Crippen LogP contribution in [0.5, 0.6) is 11.5 Å². The van der Waals surface area contributed by atoms with Crippen molar-refractivity contribution in [2.24, 2.45) is 4.99 Å². The van der Waals surface area contributed by atoms with Gasteiger partial charge >= 0.3 is 0 Å². The lowest BCUT2D eigenvalue weighted by atomic mass is 10.2. The fraction of sp³-hybridized carbons (Fsp3) is 0.333. The van der Waals surface area contributed by atoms with Crippen LogP contribution in [0.25, 0.3) is 0 Å². The predicted molar refractivity (Wildman–Crippen MR) is 117 cm³/mol. The molecule has 0 fully saturated rings. The van der Waals surface area contributed by atoms with Crippen molar-refractivity contribution in [1.29, 1.82) is 0 Å². The van der Waals surface area contributed by atoms with Gasteiger partial charge in [0.05, 0.1) is 32.2 Å². The highest BCUT2D eigenvalue weighted by Crippen LogP contribution is 2.27. The molecule has 2 N–H and O–H groups in total. The van der Waals surface area contributed by atoms with E-state index in [9.17, 15) is 14.9 Å². The first-order valence-electron chi connectivity index (χ1n) is 9.50. The number of carbonyl (C=O) groups excluding carboxylic acids is 1. The molecule has 10 nitrogen and oxygen atoms in total. The SMILES string of the molecule is COc1ccc(CN=C(NCC(=O)N(C)C)NCc2ccc([N+](=O)[O-])cc2)cc1OC. The molecule has 1 amide bonds. The third kappa shape index (κ3) is 7.18. The topological polar surface area (TPSA) is 118 Å². The molecule has 0 atom stereocenters. The van der Waals surface area contributed by atoms with Crippen molar-refractivity contribution < 1.29 is 19.2 Å². The number of aliphatic imine (C=N–C) groups is 1. The van der Waals surface area contributed by atoms with Crippen molar-refractivity contribution in [3.8, 4) is 11.5 Å². The van der Waals surface area contributed by atoms with E-state index >= 15 is 0 Å². The molecule has 0 unspecified atom stereocenters. The number of ether oxygens (including phenoxy) is 2. The molecule has 31 heavy (non-hydrogen) atoms. The van der Waals surface area contributed by atoms with E-state index in [4.69, 9.17) is 9.47 Å². The van der Waals surface area contributed by atoms with Gasteiger partial charge in [-0.1, -0.05) is 18.2 Å². The molecule has 0 aliphatic carbocycles. The summed E-state index contributed by atoms with van der Waals surface area (Å²) < 4.78 is 10.6. The van der Waals surface area contributed by atoms with Crippen LogP contribution < -0.4 is 20.1 Å². The third-order valence-electron chi connectivity index (χ3n) is 4.38. The molecule has 0 aromatic heterocycles. The second kappa shape index (κ2) is 11.4. The van der Waals surface area contributed by atoms with Crippen molar-refractivity contribution in [3.63, 3.8) is 0 Å². The number of hydrogen-bond donors (Lipinski definition) is 2. The summed E-state index contributed by atoms with van der Waals surface area (Å²) >= 11 is 0. The van der Waals surface area contributed by atoms with Crippen LogP contribution >= 0.6 is 0 Å². The van der Waals surface area contributed by atoms with Gasteiger partial charge in [0.1, 0.15) is 0 Å². The van der Waals surface area contributed by atoms with E-state index < -0.39 is 4.92 Å². The molecule has 0 spiro atoms. The lowest BCUT2D eigenvalue weighted by Gasteiger charge is -2.15. The predicted octanol–water partition coefficient (Wildman–Crippen LogP) is 1.94. The number of guanidine groups is 1. The molecule has 2 rings (SSSR count). The minimum Gasteiger partial charge on any atom is -0.493 e. The Morgan fingerprint density at radius 2 is 1.68 bits per heavy atom. The van der Waals surface area contributed by atoms with Crippen LogP contribution in [0.1, 0.15) is 11.1 Å². The van der Waals surface area contributed by atoms with Gasteiger partial charge in [0, 0.05) is 32.8 Å². The summed E-state index contributed by atoms with van der Waals surface area (Å²) in [5, 5.41) is 16.9. The van der Waals surface area contributed by atoms with E-state index in [1.54, 1.807) is 46.5 Å². The summed E-state index contributed by atoms with van der Waals surface area (Å²) in [4.78, 5) is 28.3. The molecule has 0 aliphatic heterocycles. The first-order valence-corrected chi connectivity index (χ1v) is 9.50. The Bertz CT molecular complexity index is 928. The Morgan fingerprint density at radius 1 is 1.03 bits per heavy atom. The number of non-ortho nitro benzene ring substituents is 1. The van der Waals surface area contributed by atoms with E-state index in [1.807, 2.05) is 12.1 Å². The summed E-state index contributed by atoms with van der Waals surface area (Å²) in [6.07, 6.45) is 0. The van der Waals surface area contributed by atoms with Crippen LogP contribution in [-0.2, 0) is 17.9 Å². The summed E-state index contributed by atoms with van der Waals surface area (Å²) in [5.74, 6) is 1.56. The van der Waals surface area contributed by atoms with Crippen LogP contribution in [0.4, 0.5) is 5.69 Å². The largest absolute Gasteiger partial charge is 0.493 e. The number of rotatable bonds is 9. The second-order valence-corrected chi connectivity index (χ2v) is 6.77. The zero-order chi connectivity index (χ0) is 22.8. The van der Waals surface area contributed by atoms with Gasteiger partial charge in [0.2, 0.25) is 5.91 Å². The molecule has 2 aromatic rings. The highest BCUT2D eigenvalue weighted by Gasteiger charge is 2.09. The van der Waals surface area contributed by atoms with Gasteiger partial charge in [-0.3, -0.25) is 14.9 Å². The fourth-order valence-corrected chi connectivity index (χ4v) is 2.56. The van der Waals surface area contributed by atoms with Crippen molar-refractivity contribution in [2.45, 2.75) is 13.1 Å². The molecule has 0 saturated heterocycles. The molecule has 0 heterocycles. The smallest absolute Gasteiger partial charge is 0.269 e. The molecule has 2 aromatic carbocycles. The van der Waals surface area contributed by atoms with E-state index in [1.165, 1.54) is 17.0 Å². The lowest BCUT2D eigenvalue weighted by Crippen LogP contribution is -2.42. The molecule has 0 bridgehead atoms. The molecule has 0 aliphatic rings. The van der Waals surface area contributed by atoms with E-state index in [0.717, 1.165) is 11.1 Å². The van der Waals surface area contributed by atoms with Crippen molar-refractivity contribution in [1.82, 2.24) is 15.5 Å². The van der Waals surface area contributed by atoms with Gasteiger partial charge in [0.15, 0.2) is 17.5 Å². The van der Waals surface area contributed by atoms with Crippen LogP contribution in [0.15, 0.2) is 47.5 Å². The summed E-state index contributed by atoms with van der Waals surface area (Å²) in [5.41, 5.74) is 1.76. The number of hydrogen-bond acceptors (Lipinski definition) is 6. The number of amides is 1. The maximum Gasteiger partial charge on any atom is 0.269 e. The van der Waals surface area contributed by atoms with Crippen molar-refractivity contribution in [2.75, 3.05) is 34.9 Å². The average Bonchev–Trinajstić information content (AvgIpc) is 2.78. The Balaban J connectivity index is 2.11. The highest BCUT2D eigenvalue weighted by molar-refractivity contribution is 5.86. The van der Waals surface area contributed by atoms with Gasteiger partial charge in [0.25, 0.3) is 5.69 Å². The molecular formula is C21H27N5O5. The average molecular weight is 429 g/mol. The molecule has 0 saturated carbocycles. The van der Waals surface area contributed by atoms with Crippen molar-refractivity contribution >= 4 is 17.6 Å². The Labute approximate surface area is 181 Å². The third-order valence-corrected chi connectivity index (χ3v) is 4.38. The van der Waals surface area contributed by atoms with Gasteiger partial charge in [-0.2, -0.15) is 0 Å². The number of likely N-dealkylation sites (N-methyl/N-ethyl adjacent to an activating group) is 1. The number of nitro groups is 1. The molecule has 10 heteroatoms. The van der Waals surface area contributed by atoms with Crippen LogP contribution in [-0.4, -0.2) is 56.5 Å². The van der Waals surface area contributed by atoms with Gasteiger partial charge in [-0.15, -0.1) is 0 Å². The number of nitrogens with one attached hydrogen (secondary N) is 2. The number of nitrogens with zero attached hydrogens (tertiary/aromatic N) is 3. The van der Waals surface area contributed by atoms with Crippen LogP contribution in [0.2, 0.25) is 0 Å². The minimum atomic E-state index is -0.443. The zero-order valence-electron chi connectivity index (χ0n) is 18.0. The number of benzene rings is 2. The summed E-state index contributed by atoms with van der Waals surface area (Å²) in [7, 11) is 6.49. The lowest BCUT2D eigenvalue weighted by molar-refractivity contribution is -0.384. The fourth-order valence-electron chi connectivity index (χ4n) is 2.56. The quantitative estimate of drug-likeness (QED) is 0.271. The van der Waals surface area contributed by atoms with E-state index in [2.05, 4.69) is 15.6 Å². The summed E-state index contributed by atoms with van der Waals surface area (Å²) in [6, 6.07) is 11.7. The normalized spacial score (nSPS) is 10.9. The Kier molecular flexibility index (Phi) is 8.62. The first-order chi connectivity index (χ1) is 14.8. The van der Waals surface area contributed by atoms with E-state index in [0.29, 0.717) is 30.5 Å². The van der Waals surface area contributed by atoms with Crippen LogP contribution in [0, 0.1) is 10.1 Å². The molecule has 0 radical (unpaired) electrons. The Hall–Kier alpha value is -3.82. The van der Waals surface area contributed by atoms with E-state index in [-0.39, 0.29) is 18.1 Å². The van der Waals surface area contributed by atoms with Crippen LogP contribution in [0.3, 0.4) is 0 Å². The van der Waals surface area contributed by atoms with Crippen molar-refractivity contribution in [3.05, 3.63) is 63.7 Å². The molecule has 166 valence electrons. The number of carbonyl (C=O) groups is 1. The second-order valence-electron chi connectivity index (χ2n) is 6.77. The highest BCUT2D eigenvalue weighted by atomic mass is 16.6. The minimum absolute atomic E-state index is 0.0285. The van der Waals surface area contributed by atoms with Gasteiger partial charge in [-0.25, -0.2) is 4.99 Å². The maximum atomic E-state index is 11.9. The molecular weight excluding hydrogens is 402 g/mol.